The summed E-state index contributed by atoms with van der Waals surface area (Å²) in [6.07, 6.45) is 0.524. The van der Waals surface area contributed by atoms with Gasteiger partial charge in [0.15, 0.2) is 0 Å². The number of thioether (sulfide) groups is 1. The van der Waals surface area contributed by atoms with E-state index in [0.29, 0.717) is 17.9 Å². The summed E-state index contributed by atoms with van der Waals surface area (Å²) < 4.78 is 4.51. The van der Waals surface area contributed by atoms with Crippen LogP contribution in [0.15, 0.2) is 0 Å². The largest absolute Gasteiger partial charge is 0.468 e. The normalized spacial score (nSPS) is 12.4. The van der Waals surface area contributed by atoms with Gasteiger partial charge in [0.1, 0.15) is 6.04 Å². The highest BCUT2D eigenvalue weighted by molar-refractivity contribution is 7.99. The second-order valence-corrected chi connectivity index (χ2v) is 5.17. The first kappa shape index (κ1) is 16.2. The maximum atomic E-state index is 11.6. The van der Waals surface area contributed by atoms with Gasteiger partial charge in [0.2, 0.25) is 5.91 Å². The van der Waals surface area contributed by atoms with Gasteiger partial charge in [-0.3, -0.25) is 9.59 Å². The van der Waals surface area contributed by atoms with Crippen molar-refractivity contribution in [1.29, 1.82) is 0 Å². The molecule has 6 heteroatoms. The summed E-state index contributed by atoms with van der Waals surface area (Å²) in [5.41, 5.74) is 5.57. The van der Waals surface area contributed by atoms with E-state index in [1.165, 1.54) is 18.9 Å². The van der Waals surface area contributed by atoms with Crippen molar-refractivity contribution >= 4 is 23.6 Å². The van der Waals surface area contributed by atoms with Crippen LogP contribution in [0.4, 0.5) is 0 Å². The summed E-state index contributed by atoms with van der Waals surface area (Å²) in [6, 6.07) is -0.383. The third-order valence-corrected chi connectivity index (χ3v) is 3.45. The van der Waals surface area contributed by atoms with Crippen LogP contribution in [0, 0.1) is 0 Å². The van der Waals surface area contributed by atoms with E-state index in [1.807, 2.05) is 13.8 Å². The molecule has 0 radical (unpaired) electrons. The number of hydrogen-bond acceptors (Lipinski definition) is 5. The van der Waals surface area contributed by atoms with Crippen molar-refractivity contribution in [2.24, 2.45) is 5.73 Å². The lowest BCUT2D eigenvalue weighted by molar-refractivity contribution is -0.142. The van der Waals surface area contributed by atoms with Gasteiger partial charge in [-0.05, 0) is 26.0 Å². The fourth-order valence-corrected chi connectivity index (χ4v) is 1.97. The summed E-state index contributed by atoms with van der Waals surface area (Å²) >= 11 is 1.48. The fourth-order valence-electron chi connectivity index (χ4n) is 1.03. The number of nitrogens with zero attached hydrogens (tertiary/aromatic N) is 1. The molecule has 1 atom stereocenters. The second kappa shape index (κ2) is 8.36. The molecule has 5 nitrogen and oxygen atoms in total. The Balaban J connectivity index is 3.71. The number of hydrogen-bond donors (Lipinski definition) is 1. The number of carbonyl (C=O) groups is 2. The molecule has 0 rings (SSSR count). The van der Waals surface area contributed by atoms with E-state index < -0.39 is 12.0 Å². The first-order valence-corrected chi connectivity index (χ1v) is 6.72. The Morgan fingerprint density at radius 1 is 1.41 bits per heavy atom. The van der Waals surface area contributed by atoms with Gasteiger partial charge in [0.25, 0.3) is 0 Å². The quantitative estimate of drug-likeness (QED) is 0.533. The fraction of sp³-hybridized carbons (Fsp3) is 0.818. The van der Waals surface area contributed by atoms with E-state index in [1.54, 1.807) is 11.9 Å². The van der Waals surface area contributed by atoms with Crippen LogP contribution in [0.5, 0.6) is 0 Å². The number of esters is 1. The van der Waals surface area contributed by atoms with Crippen molar-refractivity contribution in [3.63, 3.8) is 0 Å². The van der Waals surface area contributed by atoms with E-state index in [9.17, 15) is 9.59 Å². The first-order valence-electron chi connectivity index (χ1n) is 5.57. The Hall–Kier alpha value is -0.750. The van der Waals surface area contributed by atoms with Crippen molar-refractivity contribution in [1.82, 2.24) is 4.90 Å². The highest BCUT2D eigenvalue weighted by Gasteiger charge is 2.15. The summed E-state index contributed by atoms with van der Waals surface area (Å²) in [5.74, 6) is 0.782. The lowest BCUT2D eigenvalue weighted by atomic mass is 10.2. The van der Waals surface area contributed by atoms with E-state index in [2.05, 4.69) is 4.74 Å². The smallest absolute Gasteiger partial charge is 0.322 e. The summed E-state index contributed by atoms with van der Waals surface area (Å²) in [7, 11) is 3.10. The molecule has 1 amide bonds. The first-order chi connectivity index (χ1) is 7.90. The van der Waals surface area contributed by atoms with Crippen molar-refractivity contribution < 1.29 is 14.3 Å². The monoisotopic (exact) mass is 262 g/mol. The van der Waals surface area contributed by atoms with Crippen LogP contribution in [0.3, 0.4) is 0 Å². The van der Waals surface area contributed by atoms with Crippen LogP contribution < -0.4 is 5.73 Å². The molecule has 0 aromatic rings. The van der Waals surface area contributed by atoms with Gasteiger partial charge < -0.3 is 15.4 Å². The Morgan fingerprint density at radius 3 is 2.47 bits per heavy atom. The molecule has 0 spiro atoms. The summed E-state index contributed by atoms with van der Waals surface area (Å²) in [5, 5.41) is 0. The minimum Gasteiger partial charge on any atom is -0.468 e. The number of methoxy groups -OCH3 is 1. The molecule has 0 saturated carbocycles. The topological polar surface area (TPSA) is 72.6 Å². The molecule has 0 saturated heterocycles. The molecule has 0 aromatic carbocycles. The summed E-state index contributed by atoms with van der Waals surface area (Å²) in [6.45, 7) is 3.94. The standard InChI is InChI=1S/C11H22N2O3S/c1-8(2)13(3)10(14)7-17-6-5-9(12)11(15)16-4/h8-9H,5-7,12H2,1-4H3. The van der Waals surface area contributed by atoms with E-state index in [0.717, 1.165) is 0 Å². The van der Waals surface area contributed by atoms with Crippen LogP contribution in [0.1, 0.15) is 20.3 Å². The zero-order valence-corrected chi connectivity index (χ0v) is 11.8. The van der Waals surface area contributed by atoms with Crippen LogP contribution in [0.25, 0.3) is 0 Å². The molecule has 0 aliphatic heterocycles. The minimum absolute atomic E-state index is 0.0941. The summed E-state index contributed by atoms with van der Waals surface area (Å²) in [4.78, 5) is 24.3. The van der Waals surface area contributed by atoms with Crippen molar-refractivity contribution in [2.75, 3.05) is 25.7 Å². The molecule has 0 aliphatic carbocycles. The molecule has 17 heavy (non-hydrogen) atoms. The van der Waals surface area contributed by atoms with E-state index >= 15 is 0 Å². The Labute approximate surface area is 107 Å². The van der Waals surface area contributed by atoms with Gasteiger partial charge in [-0.15, -0.1) is 0 Å². The average molecular weight is 262 g/mol. The Morgan fingerprint density at radius 2 is 2.00 bits per heavy atom. The molecule has 0 bridgehead atoms. The maximum Gasteiger partial charge on any atom is 0.322 e. The minimum atomic E-state index is -0.592. The maximum absolute atomic E-state index is 11.6. The average Bonchev–Trinajstić information content (AvgIpc) is 2.31. The lowest BCUT2D eigenvalue weighted by Crippen LogP contribution is -2.35. The molecule has 0 aromatic heterocycles. The molecule has 2 N–H and O–H groups in total. The lowest BCUT2D eigenvalue weighted by Gasteiger charge is -2.21. The third kappa shape index (κ3) is 6.53. The molecule has 0 heterocycles. The van der Waals surface area contributed by atoms with Gasteiger partial charge in [-0.1, -0.05) is 0 Å². The predicted octanol–water partition coefficient (Wildman–Crippen LogP) is 0.477. The van der Waals surface area contributed by atoms with Gasteiger partial charge in [-0.25, -0.2) is 0 Å². The van der Waals surface area contributed by atoms with Crippen LogP contribution in [0.2, 0.25) is 0 Å². The highest BCUT2D eigenvalue weighted by Crippen LogP contribution is 2.07. The van der Waals surface area contributed by atoms with Crippen molar-refractivity contribution in [3.05, 3.63) is 0 Å². The number of rotatable bonds is 7. The Kier molecular flexibility index (Phi) is 7.99. The molecule has 0 fully saturated rings. The van der Waals surface area contributed by atoms with Crippen molar-refractivity contribution in [2.45, 2.75) is 32.4 Å². The van der Waals surface area contributed by atoms with Crippen LogP contribution >= 0.6 is 11.8 Å². The van der Waals surface area contributed by atoms with E-state index in [-0.39, 0.29) is 11.9 Å². The third-order valence-electron chi connectivity index (χ3n) is 2.47. The van der Waals surface area contributed by atoms with E-state index in [4.69, 9.17) is 5.73 Å². The predicted molar refractivity (Wildman–Crippen MR) is 69.8 cm³/mol. The number of ether oxygens (including phenoxy) is 1. The molecule has 0 aliphatic rings. The Bertz CT molecular complexity index is 259. The van der Waals surface area contributed by atoms with Gasteiger partial charge >= 0.3 is 5.97 Å². The van der Waals surface area contributed by atoms with Gasteiger partial charge in [-0.2, -0.15) is 11.8 Å². The number of amides is 1. The number of nitrogens with two attached hydrogens (primary N) is 1. The molecular formula is C11H22N2O3S. The zero-order valence-electron chi connectivity index (χ0n) is 10.9. The molecular weight excluding hydrogens is 240 g/mol. The molecule has 100 valence electrons. The van der Waals surface area contributed by atoms with Crippen molar-refractivity contribution in [3.8, 4) is 0 Å². The zero-order chi connectivity index (χ0) is 13.4. The van der Waals surface area contributed by atoms with Gasteiger partial charge in [0.05, 0.1) is 12.9 Å². The second-order valence-electron chi connectivity index (χ2n) is 4.07. The van der Waals surface area contributed by atoms with Gasteiger partial charge in [0, 0.05) is 13.1 Å². The molecule has 1 unspecified atom stereocenters. The number of carbonyl (C=O) groups excluding carboxylic acids is 2. The SMILES string of the molecule is COC(=O)C(N)CCSCC(=O)N(C)C(C)C. The highest BCUT2D eigenvalue weighted by atomic mass is 32.2. The van der Waals surface area contributed by atoms with Crippen LogP contribution in [-0.2, 0) is 14.3 Å². The van der Waals surface area contributed by atoms with Crippen LogP contribution in [-0.4, -0.2) is 54.5 Å².